The van der Waals surface area contributed by atoms with Crippen LogP contribution in [0, 0.1) is 12.7 Å². The van der Waals surface area contributed by atoms with Crippen LogP contribution in [0.4, 0.5) is 4.39 Å². The van der Waals surface area contributed by atoms with E-state index in [-0.39, 0.29) is 5.56 Å². The number of ketones is 1. The molecular formula is C13H11FO3. The van der Waals surface area contributed by atoms with Gasteiger partial charge in [-0.05, 0) is 25.1 Å². The molecule has 0 saturated carbocycles. The molecule has 3 nitrogen and oxygen atoms in total. The van der Waals surface area contributed by atoms with E-state index in [1.165, 1.54) is 31.6 Å². The smallest absolute Gasteiger partial charge is 0.199 e. The fourth-order valence-electron chi connectivity index (χ4n) is 1.57. The van der Waals surface area contributed by atoms with E-state index in [0.29, 0.717) is 17.1 Å². The first-order chi connectivity index (χ1) is 8.13. The molecule has 0 saturated heterocycles. The molecule has 1 aromatic carbocycles. The van der Waals surface area contributed by atoms with Crippen LogP contribution in [0.2, 0.25) is 0 Å². The standard InChI is InChI=1S/C13H11FO3/c1-8-10(5-6-17-8)13(15)11-4-3-9(16-2)7-12(11)14/h3-7H,1-2H3. The number of halogens is 1. The summed E-state index contributed by atoms with van der Waals surface area (Å²) in [6.07, 6.45) is 1.41. The lowest BCUT2D eigenvalue weighted by Crippen LogP contribution is -2.04. The molecule has 0 N–H and O–H groups in total. The van der Waals surface area contributed by atoms with Gasteiger partial charge >= 0.3 is 0 Å². The van der Waals surface area contributed by atoms with Gasteiger partial charge in [0.2, 0.25) is 0 Å². The second kappa shape index (κ2) is 4.41. The van der Waals surface area contributed by atoms with E-state index in [0.717, 1.165) is 0 Å². The molecule has 88 valence electrons. The zero-order valence-electron chi connectivity index (χ0n) is 9.49. The topological polar surface area (TPSA) is 39.4 Å². The summed E-state index contributed by atoms with van der Waals surface area (Å²) in [5.41, 5.74) is 0.379. The third-order valence-electron chi connectivity index (χ3n) is 2.52. The van der Waals surface area contributed by atoms with Gasteiger partial charge in [0.05, 0.1) is 24.5 Å². The molecule has 0 fully saturated rings. The van der Waals surface area contributed by atoms with Crippen molar-refractivity contribution in [3.63, 3.8) is 0 Å². The van der Waals surface area contributed by atoms with Crippen LogP contribution < -0.4 is 4.74 Å². The van der Waals surface area contributed by atoms with E-state index in [4.69, 9.17) is 9.15 Å². The number of aryl methyl sites for hydroxylation is 1. The third-order valence-corrected chi connectivity index (χ3v) is 2.52. The van der Waals surface area contributed by atoms with Gasteiger partial charge in [-0.3, -0.25) is 4.79 Å². The fourth-order valence-corrected chi connectivity index (χ4v) is 1.57. The highest BCUT2D eigenvalue weighted by atomic mass is 19.1. The lowest BCUT2D eigenvalue weighted by molar-refractivity contribution is 0.103. The van der Waals surface area contributed by atoms with E-state index in [1.54, 1.807) is 13.0 Å². The van der Waals surface area contributed by atoms with Crippen LogP contribution in [0.5, 0.6) is 5.75 Å². The van der Waals surface area contributed by atoms with Crippen LogP contribution in [0.25, 0.3) is 0 Å². The summed E-state index contributed by atoms with van der Waals surface area (Å²) in [7, 11) is 1.44. The van der Waals surface area contributed by atoms with Gasteiger partial charge in [-0.15, -0.1) is 0 Å². The first-order valence-electron chi connectivity index (χ1n) is 5.06. The second-order valence-corrected chi connectivity index (χ2v) is 3.57. The van der Waals surface area contributed by atoms with Gasteiger partial charge in [0.1, 0.15) is 17.3 Å². The quantitative estimate of drug-likeness (QED) is 0.766. The number of hydrogen-bond acceptors (Lipinski definition) is 3. The highest BCUT2D eigenvalue weighted by Gasteiger charge is 2.17. The van der Waals surface area contributed by atoms with Crippen molar-refractivity contribution in [3.8, 4) is 5.75 Å². The highest BCUT2D eigenvalue weighted by Crippen LogP contribution is 2.21. The molecule has 0 aliphatic rings. The number of benzene rings is 1. The second-order valence-electron chi connectivity index (χ2n) is 3.57. The van der Waals surface area contributed by atoms with Gasteiger partial charge in [-0.1, -0.05) is 0 Å². The molecule has 1 aromatic heterocycles. The molecule has 0 unspecified atom stereocenters. The number of methoxy groups -OCH3 is 1. The van der Waals surface area contributed by atoms with Crippen LogP contribution in [0.15, 0.2) is 34.9 Å². The Morgan fingerprint density at radius 2 is 2.06 bits per heavy atom. The third kappa shape index (κ3) is 2.06. The molecule has 0 aliphatic carbocycles. The van der Waals surface area contributed by atoms with Crippen LogP contribution in [-0.2, 0) is 0 Å². The van der Waals surface area contributed by atoms with Crippen molar-refractivity contribution < 1.29 is 18.3 Å². The molecule has 2 aromatic rings. The Kier molecular flexibility index (Phi) is 2.95. The van der Waals surface area contributed by atoms with E-state index in [2.05, 4.69) is 0 Å². The maximum absolute atomic E-state index is 13.7. The summed E-state index contributed by atoms with van der Waals surface area (Å²) in [5, 5.41) is 0. The van der Waals surface area contributed by atoms with E-state index in [1.807, 2.05) is 0 Å². The minimum atomic E-state index is -0.602. The Labute approximate surface area is 97.8 Å². The molecule has 17 heavy (non-hydrogen) atoms. The average molecular weight is 234 g/mol. The Morgan fingerprint density at radius 1 is 1.29 bits per heavy atom. The molecule has 0 amide bonds. The van der Waals surface area contributed by atoms with Crippen molar-refractivity contribution in [3.05, 3.63) is 53.2 Å². The number of ether oxygens (including phenoxy) is 1. The fraction of sp³-hybridized carbons (Fsp3) is 0.154. The Morgan fingerprint density at radius 3 is 2.59 bits per heavy atom. The SMILES string of the molecule is COc1ccc(C(=O)c2ccoc2C)c(F)c1. The first kappa shape index (κ1) is 11.4. The number of carbonyl (C=O) groups is 1. The highest BCUT2D eigenvalue weighted by molar-refractivity contribution is 6.09. The summed E-state index contributed by atoms with van der Waals surface area (Å²) in [5.74, 6) is -0.139. The van der Waals surface area contributed by atoms with E-state index >= 15 is 0 Å². The summed E-state index contributed by atoms with van der Waals surface area (Å²) in [6.45, 7) is 1.66. The molecule has 4 heteroatoms. The van der Waals surface area contributed by atoms with Crippen LogP contribution in [0.3, 0.4) is 0 Å². The van der Waals surface area contributed by atoms with Crippen molar-refractivity contribution >= 4 is 5.78 Å². The molecule has 2 rings (SSSR count). The summed E-state index contributed by atoms with van der Waals surface area (Å²) in [4.78, 5) is 12.0. The maximum atomic E-state index is 13.7. The lowest BCUT2D eigenvalue weighted by atomic mass is 10.0. The number of hydrogen-bond donors (Lipinski definition) is 0. The van der Waals surface area contributed by atoms with Gasteiger partial charge < -0.3 is 9.15 Å². The largest absolute Gasteiger partial charge is 0.497 e. The van der Waals surface area contributed by atoms with Gasteiger partial charge in [0.15, 0.2) is 5.78 Å². The predicted octanol–water partition coefficient (Wildman–Crippen LogP) is 2.97. The normalized spacial score (nSPS) is 10.3. The van der Waals surface area contributed by atoms with Gasteiger partial charge in [-0.2, -0.15) is 0 Å². The molecular weight excluding hydrogens is 223 g/mol. The van der Waals surface area contributed by atoms with Gasteiger partial charge in [-0.25, -0.2) is 4.39 Å². The summed E-state index contributed by atoms with van der Waals surface area (Å²) in [6, 6.07) is 5.67. The average Bonchev–Trinajstić information content (AvgIpc) is 2.74. The Hall–Kier alpha value is -2.10. The van der Waals surface area contributed by atoms with E-state index < -0.39 is 11.6 Å². The molecule has 1 heterocycles. The Bertz CT molecular complexity index is 558. The maximum Gasteiger partial charge on any atom is 0.199 e. The van der Waals surface area contributed by atoms with Gasteiger partial charge in [0, 0.05) is 6.07 Å². The van der Waals surface area contributed by atoms with Crippen molar-refractivity contribution in [1.82, 2.24) is 0 Å². The van der Waals surface area contributed by atoms with Crippen LogP contribution in [0.1, 0.15) is 21.7 Å². The number of furan rings is 1. The monoisotopic (exact) mass is 234 g/mol. The molecule has 0 radical (unpaired) electrons. The zero-order chi connectivity index (χ0) is 12.4. The first-order valence-corrected chi connectivity index (χ1v) is 5.06. The van der Waals surface area contributed by atoms with Crippen LogP contribution >= 0.6 is 0 Å². The number of rotatable bonds is 3. The molecule has 0 atom stereocenters. The van der Waals surface area contributed by atoms with Crippen LogP contribution in [-0.4, -0.2) is 12.9 Å². The van der Waals surface area contributed by atoms with Crippen molar-refractivity contribution in [2.75, 3.05) is 7.11 Å². The summed E-state index contributed by atoms with van der Waals surface area (Å²) >= 11 is 0. The molecule has 0 aliphatic heterocycles. The minimum Gasteiger partial charge on any atom is -0.497 e. The van der Waals surface area contributed by atoms with E-state index in [9.17, 15) is 9.18 Å². The van der Waals surface area contributed by atoms with Crippen molar-refractivity contribution in [2.24, 2.45) is 0 Å². The van der Waals surface area contributed by atoms with Gasteiger partial charge in [0.25, 0.3) is 0 Å². The van der Waals surface area contributed by atoms with Crippen molar-refractivity contribution in [2.45, 2.75) is 6.92 Å². The van der Waals surface area contributed by atoms with Crippen molar-refractivity contribution in [1.29, 1.82) is 0 Å². The molecule has 0 bridgehead atoms. The summed E-state index contributed by atoms with van der Waals surface area (Å²) < 4.78 is 23.6. The zero-order valence-corrected chi connectivity index (χ0v) is 9.49. The number of carbonyl (C=O) groups excluding carboxylic acids is 1. The molecule has 0 spiro atoms. The lowest BCUT2D eigenvalue weighted by Gasteiger charge is -2.04. The minimum absolute atomic E-state index is 0.00954. The Balaban J connectivity index is 2.41. The predicted molar refractivity (Wildman–Crippen MR) is 59.8 cm³/mol.